The summed E-state index contributed by atoms with van der Waals surface area (Å²) in [6, 6.07) is 8.35. The summed E-state index contributed by atoms with van der Waals surface area (Å²) in [6.45, 7) is 4.67. The van der Waals surface area contributed by atoms with Gasteiger partial charge in [-0.25, -0.2) is 0 Å². The molecular formula is C15H25NO3. The van der Waals surface area contributed by atoms with Gasteiger partial charge in [-0.05, 0) is 26.5 Å². The van der Waals surface area contributed by atoms with Crippen molar-refractivity contribution in [3.05, 3.63) is 29.8 Å². The highest BCUT2D eigenvalue weighted by molar-refractivity contribution is 5.35. The van der Waals surface area contributed by atoms with Gasteiger partial charge in [0.25, 0.3) is 0 Å². The second-order valence-electron chi connectivity index (χ2n) is 4.21. The molecule has 4 heteroatoms. The fourth-order valence-electron chi connectivity index (χ4n) is 1.94. The molecule has 0 aliphatic heterocycles. The molecule has 0 aliphatic carbocycles. The normalized spacial score (nSPS) is 12.4. The Kier molecular flexibility index (Phi) is 8.21. The maximum absolute atomic E-state index is 5.76. The van der Waals surface area contributed by atoms with Crippen LogP contribution in [0.15, 0.2) is 24.3 Å². The molecule has 1 aromatic carbocycles. The highest BCUT2D eigenvalue weighted by Crippen LogP contribution is 2.27. The first-order valence-electron chi connectivity index (χ1n) is 6.79. The lowest BCUT2D eigenvalue weighted by Gasteiger charge is -2.20. The molecule has 1 rings (SSSR count). The Bertz CT molecular complexity index is 344. The number of hydrogen-bond donors (Lipinski definition) is 1. The van der Waals surface area contributed by atoms with Crippen LogP contribution in [0.25, 0.3) is 0 Å². The Balaban J connectivity index is 2.66. The van der Waals surface area contributed by atoms with E-state index in [2.05, 4.69) is 11.4 Å². The van der Waals surface area contributed by atoms with E-state index in [1.165, 1.54) is 5.56 Å². The number of methoxy groups -OCH3 is 1. The van der Waals surface area contributed by atoms with Gasteiger partial charge in [-0.3, -0.25) is 0 Å². The van der Waals surface area contributed by atoms with Gasteiger partial charge >= 0.3 is 0 Å². The first-order valence-corrected chi connectivity index (χ1v) is 6.79. The molecule has 0 spiro atoms. The van der Waals surface area contributed by atoms with Crippen molar-refractivity contribution in [3.63, 3.8) is 0 Å². The van der Waals surface area contributed by atoms with Crippen LogP contribution in [0.5, 0.6) is 5.75 Å². The maximum Gasteiger partial charge on any atom is 0.124 e. The number of hydrogen-bond acceptors (Lipinski definition) is 4. The average molecular weight is 267 g/mol. The van der Waals surface area contributed by atoms with Gasteiger partial charge in [-0.15, -0.1) is 0 Å². The van der Waals surface area contributed by atoms with Crippen LogP contribution in [-0.4, -0.2) is 40.6 Å². The van der Waals surface area contributed by atoms with Gasteiger partial charge < -0.3 is 19.5 Å². The second kappa shape index (κ2) is 9.78. The van der Waals surface area contributed by atoms with Gasteiger partial charge in [0.05, 0.1) is 6.61 Å². The third-order valence-electron chi connectivity index (χ3n) is 2.94. The van der Waals surface area contributed by atoms with Crippen molar-refractivity contribution in [1.29, 1.82) is 0 Å². The fourth-order valence-corrected chi connectivity index (χ4v) is 1.94. The van der Waals surface area contributed by atoms with E-state index in [-0.39, 0.29) is 6.04 Å². The van der Waals surface area contributed by atoms with Crippen molar-refractivity contribution in [2.75, 3.05) is 40.6 Å². The Morgan fingerprint density at radius 2 is 1.95 bits per heavy atom. The first-order chi connectivity index (χ1) is 9.33. The monoisotopic (exact) mass is 267 g/mol. The standard InChI is InChI=1S/C15H25NO3/c1-4-18-10-9-14(16-2)13-7-5-6-8-15(13)19-12-11-17-3/h5-8,14,16H,4,9-12H2,1-3H3. The summed E-state index contributed by atoms with van der Waals surface area (Å²) < 4.78 is 16.2. The Labute approximate surface area is 116 Å². The molecule has 0 saturated heterocycles. The van der Waals surface area contributed by atoms with E-state index in [9.17, 15) is 0 Å². The zero-order valence-electron chi connectivity index (χ0n) is 12.1. The smallest absolute Gasteiger partial charge is 0.124 e. The molecule has 108 valence electrons. The van der Waals surface area contributed by atoms with Crippen LogP contribution in [0.2, 0.25) is 0 Å². The van der Waals surface area contributed by atoms with Crippen LogP contribution in [0.4, 0.5) is 0 Å². The molecule has 4 nitrogen and oxygen atoms in total. The lowest BCUT2D eigenvalue weighted by atomic mass is 10.0. The van der Waals surface area contributed by atoms with Crippen LogP contribution < -0.4 is 10.1 Å². The summed E-state index contributed by atoms with van der Waals surface area (Å²) in [5.41, 5.74) is 1.17. The molecule has 1 N–H and O–H groups in total. The molecule has 1 aromatic rings. The lowest BCUT2D eigenvalue weighted by Crippen LogP contribution is -2.19. The van der Waals surface area contributed by atoms with Crippen LogP contribution in [-0.2, 0) is 9.47 Å². The van der Waals surface area contributed by atoms with Crippen LogP contribution in [0.3, 0.4) is 0 Å². The third-order valence-corrected chi connectivity index (χ3v) is 2.94. The number of nitrogens with one attached hydrogen (secondary N) is 1. The van der Waals surface area contributed by atoms with E-state index in [4.69, 9.17) is 14.2 Å². The van der Waals surface area contributed by atoms with Crippen LogP contribution in [0.1, 0.15) is 24.9 Å². The van der Waals surface area contributed by atoms with E-state index in [1.807, 2.05) is 32.2 Å². The minimum absolute atomic E-state index is 0.241. The maximum atomic E-state index is 5.76. The molecule has 0 amide bonds. The largest absolute Gasteiger partial charge is 0.491 e. The predicted octanol–water partition coefficient (Wildman–Crippen LogP) is 2.40. The molecule has 0 radical (unpaired) electrons. The van der Waals surface area contributed by atoms with Crippen molar-refractivity contribution < 1.29 is 14.2 Å². The molecule has 0 aliphatic rings. The van der Waals surface area contributed by atoms with Gasteiger partial charge in [-0.1, -0.05) is 18.2 Å². The van der Waals surface area contributed by atoms with Gasteiger partial charge in [0.15, 0.2) is 0 Å². The minimum Gasteiger partial charge on any atom is -0.491 e. The van der Waals surface area contributed by atoms with Gasteiger partial charge in [0, 0.05) is 31.9 Å². The average Bonchev–Trinajstić information content (AvgIpc) is 2.45. The topological polar surface area (TPSA) is 39.7 Å². The van der Waals surface area contributed by atoms with Crippen molar-refractivity contribution in [3.8, 4) is 5.75 Å². The summed E-state index contributed by atoms with van der Waals surface area (Å²) in [5.74, 6) is 0.912. The SMILES string of the molecule is CCOCCC(NC)c1ccccc1OCCOC. The highest BCUT2D eigenvalue weighted by atomic mass is 16.5. The van der Waals surface area contributed by atoms with Crippen LogP contribution >= 0.6 is 0 Å². The summed E-state index contributed by atoms with van der Waals surface area (Å²) in [7, 11) is 3.64. The van der Waals surface area contributed by atoms with Crippen molar-refractivity contribution in [2.24, 2.45) is 0 Å². The molecule has 1 atom stereocenters. The highest BCUT2D eigenvalue weighted by Gasteiger charge is 2.14. The molecule has 0 bridgehead atoms. The summed E-state index contributed by atoms with van der Waals surface area (Å²) in [4.78, 5) is 0. The Morgan fingerprint density at radius 1 is 1.16 bits per heavy atom. The van der Waals surface area contributed by atoms with Crippen LogP contribution in [0, 0.1) is 0 Å². The third kappa shape index (κ3) is 5.59. The molecular weight excluding hydrogens is 242 g/mol. The van der Waals surface area contributed by atoms with E-state index in [0.29, 0.717) is 13.2 Å². The fraction of sp³-hybridized carbons (Fsp3) is 0.600. The zero-order valence-corrected chi connectivity index (χ0v) is 12.1. The molecule has 19 heavy (non-hydrogen) atoms. The molecule has 0 saturated carbocycles. The molecule has 1 unspecified atom stereocenters. The lowest BCUT2D eigenvalue weighted by molar-refractivity contribution is 0.134. The van der Waals surface area contributed by atoms with E-state index in [1.54, 1.807) is 7.11 Å². The molecule has 0 fully saturated rings. The summed E-state index contributed by atoms with van der Waals surface area (Å²) in [6.07, 6.45) is 0.926. The number of benzene rings is 1. The van der Waals surface area contributed by atoms with Gasteiger partial charge in [-0.2, -0.15) is 0 Å². The summed E-state index contributed by atoms with van der Waals surface area (Å²) in [5, 5.41) is 3.32. The van der Waals surface area contributed by atoms with E-state index < -0.39 is 0 Å². The Hall–Kier alpha value is -1.10. The quantitative estimate of drug-likeness (QED) is 0.661. The van der Waals surface area contributed by atoms with Crippen molar-refractivity contribution >= 4 is 0 Å². The number of ether oxygens (including phenoxy) is 3. The van der Waals surface area contributed by atoms with E-state index in [0.717, 1.165) is 25.4 Å². The number of rotatable bonds is 10. The van der Waals surface area contributed by atoms with Gasteiger partial charge in [0.2, 0.25) is 0 Å². The number of para-hydroxylation sites is 1. The van der Waals surface area contributed by atoms with E-state index >= 15 is 0 Å². The first kappa shape index (κ1) is 16.0. The minimum atomic E-state index is 0.241. The van der Waals surface area contributed by atoms with Gasteiger partial charge in [0.1, 0.15) is 12.4 Å². The molecule has 0 heterocycles. The Morgan fingerprint density at radius 3 is 2.63 bits per heavy atom. The van der Waals surface area contributed by atoms with Crippen molar-refractivity contribution in [2.45, 2.75) is 19.4 Å². The molecule has 0 aromatic heterocycles. The zero-order chi connectivity index (χ0) is 13.9. The predicted molar refractivity (Wildman–Crippen MR) is 76.7 cm³/mol. The summed E-state index contributed by atoms with van der Waals surface area (Å²) >= 11 is 0. The van der Waals surface area contributed by atoms with Crippen molar-refractivity contribution in [1.82, 2.24) is 5.32 Å². The second-order valence-corrected chi connectivity index (χ2v) is 4.21.